The Labute approximate surface area is 208 Å². The van der Waals surface area contributed by atoms with Gasteiger partial charge in [-0.25, -0.2) is 13.4 Å². The lowest BCUT2D eigenvalue weighted by molar-refractivity contribution is -0.118. The summed E-state index contributed by atoms with van der Waals surface area (Å²) in [5, 5.41) is 0.542. The van der Waals surface area contributed by atoms with Crippen LogP contribution in [0.15, 0.2) is 71.9 Å². The Bertz CT molecular complexity index is 1400. The highest BCUT2D eigenvalue weighted by molar-refractivity contribution is 7.91. The second-order valence-electron chi connectivity index (χ2n) is 7.77. The highest BCUT2D eigenvalue weighted by Gasteiger charge is 2.22. The predicted octanol–water partition coefficient (Wildman–Crippen LogP) is 4.50. The number of sulfone groups is 1. The third-order valence-corrected chi connectivity index (χ3v) is 8.28. The molecule has 10 heteroatoms. The average molecular weight is 512 g/mol. The number of ether oxygens (including phenoxy) is 2. The van der Waals surface area contributed by atoms with Gasteiger partial charge in [0, 0.05) is 24.9 Å². The number of fused-ring (bicyclic) bond motifs is 1. The number of thiazole rings is 1. The van der Waals surface area contributed by atoms with Crippen molar-refractivity contribution in [3.05, 3.63) is 72.6 Å². The van der Waals surface area contributed by atoms with Crippen LogP contribution in [0.1, 0.15) is 18.4 Å². The molecule has 2 heterocycles. The minimum atomic E-state index is -3.52. The zero-order chi connectivity index (χ0) is 24.8. The van der Waals surface area contributed by atoms with E-state index in [9.17, 15) is 13.2 Å². The van der Waals surface area contributed by atoms with Gasteiger partial charge < -0.3 is 9.47 Å². The number of nitrogens with zero attached hydrogens (tertiary/aromatic N) is 3. The molecule has 0 bridgehead atoms. The lowest BCUT2D eigenvalue weighted by atomic mass is 10.2. The summed E-state index contributed by atoms with van der Waals surface area (Å²) in [7, 11) is -0.409. The number of amides is 1. The Morgan fingerprint density at radius 3 is 2.46 bits per heavy atom. The molecular weight excluding hydrogens is 486 g/mol. The van der Waals surface area contributed by atoms with Crippen LogP contribution in [0.4, 0.5) is 5.13 Å². The number of anilines is 1. The maximum absolute atomic E-state index is 13.3. The van der Waals surface area contributed by atoms with Gasteiger partial charge in [0.25, 0.3) is 0 Å². The first-order valence-electron chi connectivity index (χ1n) is 10.9. The summed E-state index contributed by atoms with van der Waals surface area (Å²) in [5.74, 6) is 0.926. The molecule has 8 nitrogen and oxygen atoms in total. The quantitative estimate of drug-likeness (QED) is 0.309. The maximum atomic E-state index is 13.3. The van der Waals surface area contributed by atoms with Crippen molar-refractivity contribution in [1.82, 2.24) is 9.97 Å². The highest BCUT2D eigenvalue weighted by Crippen LogP contribution is 2.32. The monoisotopic (exact) mass is 511 g/mol. The second kappa shape index (κ2) is 10.8. The summed E-state index contributed by atoms with van der Waals surface area (Å²) in [4.78, 5) is 23.9. The smallest absolute Gasteiger partial charge is 0.229 e. The van der Waals surface area contributed by atoms with Crippen LogP contribution in [-0.2, 0) is 21.2 Å². The number of hydrogen-bond donors (Lipinski definition) is 0. The molecule has 0 aliphatic rings. The number of rotatable bonds is 10. The molecular formula is C25H25N3O5S2. The Morgan fingerprint density at radius 2 is 1.77 bits per heavy atom. The Balaban J connectivity index is 1.51. The maximum Gasteiger partial charge on any atom is 0.229 e. The van der Waals surface area contributed by atoms with Crippen LogP contribution >= 0.6 is 11.3 Å². The molecule has 0 aliphatic carbocycles. The van der Waals surface area contributed by atoms with Crippen molar-refractivity contribution < 1.29 is 22.7 Å². The fourth-order valence-corrected chi connectivity index (χ4v) is 5.80. The van der Waals surface area contributed by atoms with E-state index < -0.39 is 9.84 Å². The summed E-state index contributed by atoms with van der Waals surface area (Å²) in [6.07, 6.45) is 3.62. The molecule has 0 saturated carbocycles. The summed E-state index contributed by atoms with van der Waals surface area (Å²) in [6, 6.07) is 15.5. The van der Waals surface area contributed by atoms with E-state index in [0.717, 1.165) is 15.8 Å². The number of hydrogen-bond acceptors (Lipinski definition) is 8. The van der Waals surface area contributed by atoms with Crippen LogP contribution in [0.2, 0.25) is 0 Å². The molecule has 0 N–H and O–H groups in total. The van der Waals surface area contributed by atoms with Gasteiger partial charge in [-0.1, -0.05) is 17.4 Å². The van der Waals surface area contributed by atoms with E-state index in [2.05, 4.69) is 9.97 Å². The third kappa shape index (κ3) is 5.95. The van der Waals surface area contributed by atoms with Crippen LogP contribution in [0.25, 0.3) is 10.2 Å². The first-order chi connectivity index (χ1) is 16.9. The number of carbonyl (C=O) groups is 1. The van der Waals surface area contributed by atoms with Crippen LogP contribution in [0.5, 0.6) is 11.5 Å². The van der Waals surface area contributed by atoms with Crippen molar-refractivity contribution in [1.29, 1.82) is 0 Å². The van der Waals surface area contributed by atoms with Crippen molar-refractivity contribution in [2.45, 2.75) is 24.3 Å². The average Bonchev–Trinajstić information content (AvgIpc) is 3.30. The molecule has 4 aromatic rings. The normalized spacial score (nSPS) is 11.4. The molecule has 0 atom stereocenters. The molecule has 2 aromatic heterocycles. The van der Waals surface area contributed by atoms with E-state index >= 15 is 0 Å². The summed E-state index contributed by atoms with van der Waals surface area (Å²) in [5.41, 5.74) is 1.58. The zero-order valence-electron chi connectivity index (χ0n) is 19.4. The van der Waals surface area contributed by atoms with E-state index in [1.54, 1.807) is 36.5 Å². The van der Waals surface area contributed by atoms with Crippen LogP contribution < -0.4 is 14.4 Å². The molecule has 0 spiro atoms. The summed E-state index contributed by atoms with van der Waals surface area (Å²) < 4.78 is 36.7. The topological polar surface area (TPSA) is 98.7 Å². The fraction of sp³-hybridized carbons (Fsp3) is 0.240. The minimum absolute atomic E-state index is 0.0644. The predicted molar refractivity (Wildman–Crippen MR) is 136 cm³/mol. The van der Waals surface area contributed by atoms with Crippen molar-refractivity contribution in [3.63, 3.8) is 0 Å². The van der Waals surface area contributed by atoms with Crippen LogP contribution in [-0.4, -0.2) is 44.3 Å². The molecule has 0 aliphatic heterocycles. The van der Waals surface area contributed by atoms with Gasteiger partial charge in [-0.05, 0) is 54.4 Å². The first kappa shape index (κ1) is 24.6. The molecule has 1 amide bonds. The fourth-order valence-electron chi connectivity index (χ4n) is 3.52. The SMILES string of the molecule is COc1ccc(S(=O)(=O)CCCC(=O)N(Cc2cccnc2)c2nc3cc(OC)ccc3s2)cc1. The Morgan fingerprint density at radius 1 is 1.03 bits per heavy atom. The van der Waals surface area contributed by atoms with Gasteiger partial charge in [-0.15, -0.1) is 0 Å². The molecule has 0 fully saturated rings. The minimum Gasteiger partial charge on any atom is -0.497 e. The standard InChI is InChI=1S/C25H25N3O5S2/c1-32-19-7-10-21(11-8-19)35(30,31)14-4-6-24(29)28(17-18-5-3-13-26-16-18)25-27-22-15-20(33-2)9-12-23(22)34-25/h3,5,7-13,15-16H,4,6,14,17H2,1-2H3. The number of aromatic nitrogens is 2. The van der Waals surface area contributed by atoms with Gasteiger partial charge in [0.05, 0.1) is 41.6 Å². The van der Waals surface area contributed by atoms with Gasteiger partial charge in [0.2, 0.25) is 5.91 Å². The summed E-state index contributed by atoms with van der Waals surface area (Å²) in [6.45, 7) is 0.287. The molecule has 2 aromatic carbocycles. The lowest BCUT2D eigenvalue weighted by Crippen LogP contribution is -2.30. The molecule has 182 valence electrons. The van der Waals surface area contributed by atoms with Crippen LogP contribution in [0.3, 0.4) is 0 Å². The first-order valence-corrected chi connectivity index (χ1v) is 13.4. The van der Waals surface area contributed by atoms with E-state index in [1.165, 1.54) is 30.6 Å². The molecule has 35 heavy (non-hydrogen) atoms. The number of methoxy groups -OCH3 is 2. The largest absolute Gasteiger partial charge is 0.497 e. The lowest BCUT2D eigenvalue weighted by Gasteiger charge is -2.20. The highest BCUT2D eigenvalue weighted by atomic mass is 32.2. The van der Waals surface area contributed by atoms with Gasteiger partial charge in [0.15, 0.2) is 15.0 Å². The molecule has 0 saturated heterocycles. The third-order valence-electron chi connectivity index (χ3n) is 5.40. The Hall–Kier alpha value is -3.50. The zero-order valence-corrected chi connectivity index (χ0v) is 21.0. The van der Waals surface area contributed by atoms with Gasteiger partial charge in [-0.2, -0.15) is 0 Å². The van der Waals surface area contributed by atoms with Gasteiger partial charge >= 0.3 is 0 Å². The van der Waals surface area contributed by atoms with E-state index in [1.807, 2.05) is 30.3 Å². The second-order valence-corrected chi connectivity index (χ2v) is 10.9. The van der Waals surface area contributed by atoms with Crippen LogP contribution in [0, 0.1) is 0 Å². The molecule has 4 rings (SSSR count). The van der Waals surface area contributed by atoms with Crippen molar-refractivity contribution in [2.75, 3.05) is 24.9 Å². The van der Waals surface area contributed by atoms with Gasteiger partial charge in [-0.3, -0.25) is 14.7 Å². The molecule has 0 radical (unpaired) electrons. The summed E-state index contributed by atoms with van der Waals surface area (Å²) >= 11 is 1.40. The Kier molecular flexibility index (Phi) is 7.62. The van der Waals surface area contributed by atoms with E-state index in [4.69, 9.17) is 9.47 Å². The molecule has 0 unspecified atom stereocenters. The van der Waals surface area contributed by atoms with E-state index in [-0.39, 0.29) is 35.9 Å². The van der Waals surface area contributed by atoms with Crippen molar-refractivity contribution in [3.8, 4) is 11.5 Å². The van der Waals surface area contributed by atoms with Crippen molar-refractivity contribution >= 4 is 42.4 Å². The van der Waals surface area contributed by atoms with Crippen molar-refractivity contribution in [2.24, 2.45) is 0 Å². The number of pyridine rings is 1. The van der Waals surface area contributed by atoms with E-state index in [0.29, 0.717) is 16.6 Å². The number of benzene rings is 2. The van der Waals surface area contributed by atoms with Gasteiger partial charge in [0.1, 0.15) is 11.5 Å². The number of carbonyl (C=O) groups excluding carboxylic acids is 1.